The fraction of sp³-hybridized carbons (Fsp3) is 0.429. The first-order chi connectivity index (χ1) is 8.13. The SMILES string of the molecule is CCCC(=O)c1cccn2nc(C(C)C)cc12. The Morgan fingerprint density at radius 2 is 2.24 bits per heavy atom. The smallest absolute Gasteiger partial charge is 0.165 e. The van der Waals surface area contributed by atoms with Gasteiger partial charge in [0.25, 0.3) is 0 Å². The van der Waals surface area contributed by atoms with Gasteiger partial charge in [0.05, 0.1) is 11.2 Å². The van der Waals surface area contributed by atoms with E-state index in [1.54, 1.807) is 4.52 Å². The van der Waals surface area contributed by atoms with E-state index in [2.05, 4.69) is 18.9 Å². The highest BCUT2D eigenvalue weighted by Crippen LogP contribution is 2.19. The Balaban J connectivity index is 2.53. The molecule has 0 saturated heterocycles. The van der Waals surface area contributed by atoms with Crippen molar-refractivity contribution in [2.75, 3.05) is 0 Å². The third-order valence-corrected chi connectivity index (χ3v) is 2.89. The number of nitrogens with zero attached hydrogens (tertiary/aromatic N) is 2. The van der Waals surface area contributed by atoms with Gasteiger partial charge in [0.1, 0.15) is 0 Å². The average Bonchev–Trinajstić information content (AvgIpc) is 2.72. The zero-order valence-corrected chi connectivity index (χ0v) is 10.6. The lowest BCUT2D eigenvalue weighted by atomic mass is 10.1. The summed E-state index contributed by atoms with van der Waals surface area (Å²) in [5.41, 5.74) is 2.74. The second-order valence-electron chi connectivity index (χ2n) is 4.65. The minimum Gasteiger partial charge on any atom is -0.294 e. The molecule has 2 heterocycles. The molecule has 2 rings (SSSR count). The molecule has 0 bridgehead atoms. The molecule has 0 unspecified atom stereocenters. The van der Waals surface area contributed by atoms with Gasteiger partial charge in [0, 0.05) is 18.2 Å². The van der Waals surface area contributed by atoms with Crippen molar-refractivity contribution in [1.82, 2.24) is 9.61 Å². The van der Waals surface area contributed by atoms with E-state index in [-0.39, 0.29) is 5.78 Å². The molecular weight excluding hydrogens is 212 g/mol. The van der Waals surface area contributed by atoms with Crippen LogP contribution >= 0.6 is 0 Å². The van der Waals surface area contributed by atoms with E-state index < -0.39 is 0 Å². The molecule has 0 radical (unpaired) electrons. The van der Waals surface area contributed by atoms with Crippen molar-refractivity contribution >= 4 is 11.3 Å². The van der Waals surface area contributed by atoms with Crippen molar-refractivity contribution in [3.8, 4) is 0 Å². The van der Waals surface area contributed by atoms with Crippen molar-refractivity contribution in [3.63, 3.8) is 0 Å². The zero-order valence-electron chi connectivity index (χ0n) is 10.6. The first-order valence-corrected chi connectivity index (χ1v) is 6.15. The number of ketones is 1. The molecule has 0 atom stereocenters. The lowest BCUT2D eigenvalue weighted by molar-refractivity contribution is 0.0983. The first kappa shape index (κ1) is 11.8. The molecule has 2 aromatic rings. The van der Waals surface area contributed by atoms with Gasteiger partial charge < -0.3 is 0 Å². The molecule has 0 aromatic carbocycles. The van der Waals surface area contributed by atoms with Gasteiger partial charge in [0.2, 0.25) is 0 Å². The highest BCUT2D eigenvalue weighted by molar-refractivity contribution is 6.02. The van der Waals surface area contributed by atoms with Crippen molar-refractivity contribution in [2.24, 2.45) is 0 Å². The Hall–Kier alpha value is -1.64. The number of carbonyl (C=O) groups excluding carboxylic acids is 1. The lowest BCUT2D eigenvalue weighted by Gasteiger charge is -2.01. The maximum absolute atomic E-state index is 12.0. The van der Waals surface area contributed by atoms with Crippen LogP contribution in [-0.4, -0.2) is 15.4 Å². The number of aromatic nitrogens is 2. The third kappa shape index (κ3) is 2.23. The lowest BCUT2D eigenvalue weighted by Crippen LogP contribution is -2.01. The van der Waals surface area contributed by atoms with E-state index in [0.717, 1.165) is 23.2 Å². The molecule has 17 heavy (non-hydrogen) atoms. The van der Waals surface area contributed by atoms with Crippen LogP contribution in [0.1, 0.15) is 55.6 Å². The Labute approximate surface area is 101 Å². The average molecular weight is 230 g/mol. The number of rotatable bonds is 4. The van der Waals surface area contributed by atoms with Crippen LogP contribution in [0.2, 0.25) is 0 Å². The van der Waals surface area contributed by atoms with Crippen LogP contribution < -0.4 is 0 Å². The molecule has 0 N–H and O–H groups in total. The van der Waals surface area contributed by atoms with Crippen LogP contribution in [0.3, 0.4) is 0 Å². The van der Waals surface area contributed by atoms with Gasteiger partial charge in [-0.2, -0.15) is 5.10 Å². The Morgan fingerprint density at radius 1 is 1.47 bits per heavy atom. The van der Waals surface area contributed by atoms with Gasteiger partial charge in [-0.3, -0.25) is 4.79 Å². The van der Waals surface area contributed by atoms with E-state index in [4.69, 9.17) is 0 Å². The molecule has 0 aliphatic carbocycles. The minimum absolute atomic E-state index is 0.202. The molecule has 0 amide bonds. The molecule has 90 valence electrons. The monoisotopic (exact) mass is 230 g/mol. The molecule has 2 aromatic heterocycles. The number of hydrogen-bond donors (Lipinski definition) is 0. The minimum atomic E-state index is 0.202. The Morgan fingerprint density at radius 3 is 2.88 bits per heavy atom. The molecule has 0 saturated carbocycles. The summed E-state index contributed by atoms with van der Waals surface area (Å²) in [5, 5.41) is 4.48. The van der Waals surface area contributed by atoms with E-state index in [9.17, 15) is 4.79 Å². The summed E-state index contributed by atoms with van der Waals surface area (Å²) in [4.78, 5) is 12.0. The van der Waals surface area contributed by atoms with Gasteiger partial charge in [-0.1, -0.05) is 20.8 Å². The topological polar surface area (TPSA) is 34.4 Å². The number of Topliss-reactive ketones (excluding diaryl/α,β-unsaturated/α-hetero) is 1. The van der Waals surface area contributed by atoms with Crippen LogP contribution in [0.15, 0.2) is 24.4 Å². The number of fused-ring (bicyclic) bond motifs is 1. The van der Waals surface area contributed by atoms with E-state index in [1.165, 1.54) is 0 Å². The molecular formula is C14H18N2O. The fourth-order valence-corrected chi connectivity index (χ4v) is 1.91. The Kier molecular flexibility index (Phi) is 3.27. The second kappa shape index (κ2) is 4.70. The van der Waals surface area contributed by atoms with Gasteiger partial charge in [-0.25, -0.2) is 4.52 Å². The van der Waals surface area contributed by atoms with Crippen LogP contribution in [0.5, 0.6) is 0 Å². The van der Waals surface area contributed by atoms with Gasteiger partial charge in [-0.15, -0.1) is 0 Å². The van der Waals surface area contributed by atoms with E-state index in [0.29, 0.717) is 12.3 Å². The predicted octanol–water partition coefficient (Wildman–Crippen LogP) is 3.44. The quantitative estimate of drug-likeness (QED) is 0.754. The summed E-state index contributed by atoms with van der Waals surface area (Å²) in [7, 11) is 0. The number of pyridine rings is 1. The summed E-state index contributed by atoms with van der Waals surface area (Å²) in [6.07, 6.45) is 3.37. The van der Waals surface area contributed by atoms with Gasteiger partial charge in [0.15, 0.2) is 5.78 Å². The second-order valence-corrected chi connectivity index (χ2v) is 4.65. The maximum Gasteiger partial charge on any atom is 0.165 e. The van der Waals surface area contributed by atoms with Crippen molar-refractivity contribution in [2.45, 2.75) is 39.5 Å². The zero-order chi connectivity index (χ0) is 12.4. The molecule has 0 aliphatic rings. The summed E-state index contributed by atoms with van der Waals surface area (Å²) in [5.74, 6) is 0.581. The molecule has 0 aliphatic heterocycles. The summed E-state index contributed by atoms with van der Waals surface area (Å²) in [6, 6.07) is 5.79. The van der Waals surface area contributed by atoms with Crippen molar-refractivity contribution < 1.29 is 4.79 Å². The van der Waals surface area contributed by atoms with Crippen molar-refractivity contribution in [1.29, 1.82) is 0 Å². The van der Waals surface area contributed by atoms with Gasteiger partial charge >= 0.3 is 0 Å². The third-order valence-electron chi connectivity index (χ3n) is 2.89. The molecule has 0 spiro atoms. The van der Waals surface area contributed by atoms with Crippen LogP contribution in [-0.2, 0) is 0 Å². The summed E-state index contributed by atoms with van der Waals surface area (Å²) < 4.78 is 1.80. The van der Waals surface area contributed by atoms with Crippen LogP contribution in [0.4, 0.5) is 0 Å². The van der Waals surface area contributed by atoms with Crippen LogP contribution in [0.25, 0.3) is 5.52 Å². The molecule has 0 fully saturated rings. The number of hydrogen-bond acceptors (Lipinski definition) is 2. The predicted molar refractivity (Wildman–Crippen MR) is 68.5 cm³/mol. The highest BCUT2D eigenvalue weighted by Gasteiger charge is 2.12. The summed E-state index contributed by atoms with van der Waals surface area (Å²) in [6.45, 7) is 6.23. The normalized spacial score (nSPS) is 11.3. The fourth-order valence-electron chi connectivity index (χ4n) is 1.91. The van der Waals surface area contributed by atoms with Gasteiger partial charge in [-0.05, 0) is 30.5 Å². The van der Waals surface area contributed by atoms with E-state index in [1.807, 2.05) is 31.3 Å². The first-order valence-electron chi connectivity index (χ1n) is 6.15. The standard InChI is InChI=1S/C14H18N2O/c1-4-6-14(17)11-7-5-8-16-13(11)9-12(15-16)10(2)3/h5,7-10H,4,6H2,1-3H3. The van der Waals surface area contributed by atoms with Crippen LogP contribution in [0, 0.1) is 0 Å². The largest absolute Gasteiger partial charge is 0.294 e. The number of carbonyl (C=O) groups is 1. The highest BCUT2D eigenvalue weighted by atomic mass is 16.1. The molecule has 3 nitrogen and oxygen atoms in total. The Bertz CT molecular complexity index is 540. The van der Waals surface area contributed by atoms with Crippen molar-refractivity contribution in [3.05, 3.63) is 35.7 Å². The molecule has 3 heteroatoms. The maximum atomic E-state index is 12.0. The van der Waals surface area contributed by atoms with E-state index >= 15 is 0 Å². The summed E-state index contributed by atoms with van der Waals surface area (Å²) >= 11 is 0.